The van der Waals surface area contributed by atoms with E-state index in [0.717, 1.165) is 12.8 Å². The molecule has 2 nitrogen and oxygen atoms in total. The summed E-state index contributed by atoms with van der Waals surface area (Å²) in [6, 6.07) is 0. The Hall–Kier alpha value is -0.340. The van der Waals surface area contributed by atoms with Gasteiger partial charge < -0.3 is 10.2 Å². The quantitative estimate of drug-likeness (QED) is 0.665. The zero-order chi connectivity index (χ0) is 10.4. The molecule has 0 aromatic heterocycles. The Morgan fingerprint density at radius 1 is 1.21 bits per heavy atom. The average Bonchev–Trinajstić information content (AvgIpc) is 2.19. The minimum Gasteiger partial charge on any atom is -0.393 e. The van der Waals surface area contributed by atoms with Crippen LogP contribution >= 0.6 is 0 Å². The van der Waals surface area contributed by atoms with Crippen molar-refractivity contribution in [3.05, 3.63) is 12.7 Å². The molecule has 14 heavy (non-hydrogen) atoms. The molecule has 0 aromatic rings. The van der Waals surface area contributed by atoms with Crippen LogP contribution in [0.1, 0.15) is 44.9 Å². The van der Waals surface area contributed by atoms with Gasteiger partial charge in [-0.25, -0.2) is 0 Å². The highest BCUT2D eigenvalue weighted by Gasteiger charge is 2.23. The topological polar surface area (TPSA) is 40.5 Å². The molecule has 0 saturated heterocycles. The first kappa shape index (κ1) is 11.7. The zero-order valence-corrected chi connectivity index (χ0v) is 8.86. The third-order valence-electron chi connectivity index (χ3n) is 3.15. The first-order valence-corrected chi connectivity index (χ1v) is 5.71. The largest absolute Gasteiger partial charge is 0.393 e. The second kappa shape index (κ2) is 6.20. The van der Waals surface area contributed by atoms with Crippen molar-refractivity contribution in [1.29, 1.82) is 0 Å². The Morgan fingerprint density at radius 2 is 1.86 bits per heavy atom. The van der Waals surface area contributed by atoms with Gasteiger partial charge in [-0.2, -0.15) is 0 Å². The van der Waals surface area contributed by atoms with E-state index in [4.69, 9.17) is 0 Å². The molecule has 0 aromatic carbocycles. The molecule has 0 amide bonds. The van der Waals surface area contributed by atoms with Crippen LogP contribution in [0.3, 0.4) is 0 Å². The molecular weight excluding hydrogens is 176 g/mol. The second-order valence-electron chi connectivity index (χ2n) is 4.38. The van der Waals surface area contributed by atoms with Gasteiger partial charge in [0.25, 0.3) is 0 Å². The Kier molecular flexibility index (Phi) is 5.20. The normalized spacial score (nSPS) is 23.0. The van der Waals surface area contributed by atoms with Gasteiger partial charge in [-0.05, 0) is 31.6 Å². The van der Waals surface area contributed by atoms with Gasteiger partial charge in [0.2, 0.25) is 0 Å². The number of hydrogen-bond acceptors (Lipinski definition) is 2. The van der Waals surface area contributed by atoms with Crippen molar-refractivity contribution in [2.45, 2.75) is 57.2 Å². The molecular formula is C12H22O2. The predicted octanol–water partition coefficient (Wildman–Crippen LogP) is 2.25. The second-order valence-corrected chi connectivity index (χ2v) is 4.38. The Labute approximate surface area is 86.6 Å². The van der Waals surface area contributed by atoms with Gasteiger partial charge >= 0.3 is 0 Å². The minimum absolute atomic E-state index is 0.315. The molecule has 1 aliphatic carbocycles. The third kappa shape index (κ3) is 3.81. The van der Waals surface area contributed by atoms with Gasteiger partial charge in [-0.3, -0.25) is 0 Å². The van der Waals surface area contributed by atoms with Crippen molar-refractivity contribution in [2.75, 3.05) is 0 Å². The maximum absolute atomic E-state index is 9.88. The Balaban J connectivity index is 2.24. The molecule has 82 valence electrons. The first-order valence-electron chi connectivity index (χ1n) is 5.71. The molecule has 1 saturated carbocycles. The summed E-state index contributed by atoms with van der Waals surface area (Å²) >= 11 is 0. The molecule has 2 atom stereocenters. The van der Waals surface area contributed by atoms with E-state index in [1.807, 2.05) is 0 Å². The van der Waals surface area contributed by atoms with Gasteiger partial charge in [0.15, 0.2) is 0 Å². The van der Waals surface area contributed by atoms with Crippen LogP contribution < -0.4 is 0 Å². The molecule has 0 radical (unpaired) electrons. The van der Waals surface area contributed by atoms with Gasteiger partial charge in [0.05, 0.1) is 12.2 Å². The van der Waals surface area contributed by atoms with E-state index in [2.05, 4.69) is 6.58 Å². The van der Waals surface area contributed by atoms with Gasteiger partial charge in [-0.15, -0.1) is 6.58 Å². The number of aliphatic hydroxyl groups is 2. The third-order valence-corrected chi connectivity index (χ3v) is 3.15. The summed E-state index contributed by atoms with van der Waals surface area (Å²) in [4.78, 5) is 0. The van der Waals surface area contributed by atoms with Crippen LogP contribution in [0.25, 0.3) is 0 Å². The molecule has 0 spiro atoms. The summed E-state index contributed by atoms with van der Waals surface area (Å²) in [5.41, 5.74) is 0. The van der Waals surface area contributed by atoms with Crippen molar-refractivity contribution in [1.82, 2.24) is 0 Å². The van der Waals surface area contributed by atoms with Crippen LogP contribution in [0.4, 0.5) is 0 Å². The van der Waals surface area contributed by atoms with Crippen LogP contribution in [0.5, 0.6) is 0 Å². The number of rotatable bonds is 5. The van der Waals surface area contributed by atoms with Crippen molar-refractivity contribution in [3.63, 3.8) is 0 Å². The van der Waals surface area contributed by atoms with Crippen LogP contribution in [0.2, 0.25) is 0 Å². The Bertz CT molecular complexity index is 162. The fourth-order valence-electron chi connectivity index (χ4n) is 2.28. The van der Waals surface area contributed by atoms with Crippen LogP contribution in [-0.2, 0) is 0 Å². The zero-order valence-electron chi connectivity index (χ0n) is 8.86. The summed E-state index contributed by atoms with van der Waals surface area (Å²) in [6.07, 6.45) is 8.11. The van der Waals surface area contributed by atoms with Crippen LogP contribution in [0, 0.1) is 5.92 Å². The summed E-state index contributed by atoms with van der Waals surface area (Å²) < 4.78 is 0. The minimum atomic E-state index is -0.413. The van der Waals surface area contributed by atoms with E-state index in [1.54, 1.807) is 6.08 Å². The lowest BCUT2D eigenvalue weighted by Crippen LogP contribution is -2.27. The molecule has 0 aliphatic heterocycles. The first-order chi connectivity index (χ1) is 6.74. The van der Waals surface area contributed by atoms with Gasteiger partial charge in [-0.1, -0.05) is 25.3 Å². The molecule has 1 fully saturated rings. The summed E-state index contributed by atoms with van der Waals surface area (Å²) in [6.45, 7) is 3.58. The van der Waals surface area contributed by atoms with Gasteiger partial charge in [0, 0.05) is 0 Å². The fraction of sp³-hybridized carbons (Fsp3) is 0.833. The Morgan fingerprint density at radius 3 is 2.43 bits per heavy atom. The van der Waals surface area contributed by atoms with E-state index in [0.29, 0.717) is 18.8 Å². The van der Waals surface area contributed by atoms with Crippen molar-refractivity contribution in [2.24, 2.45) is 5.92 Å². The molecule has 2 N–H and O–H groups in total. The average molecular weight is 198 g/mol. The molecule has 1 aliphatic rings. The lowest BCUT2D eigenvalue weighted by Gasteiger charge is -2.27. The molecule has 0 unspecified atom stereocenters. The summed E-state index contributed by atoms with van der Waals surface area (Å²) in [5, 5.41) is 19.4. The SMILES string of the molecule is C=CC[C@H](O)C[C@@H](O)C1CCCCC1. The highest BCUT2D eigenvalue weighted by molar-refractivity contribution is 4.79. The van der Waals surface area contributed by atoms with Crippen LogP contribution in [0.15, 0.2) is 12.7 Å². The molecule has 1 rings (SSSR count). The van der Waals surface area contributed by atoms with E-state index in [9.17, 15) is 10.2 Å². The summed E-state index contributed by atoms with van der Waals surface area (Å²) in [5.74, 6) is 0.420. The molecule has 0 bridgehead atoms. The maximum Gasteiger partial charge on any atom is 0.0599 e. The van der Waals surface area contributed by atoms with Crippen LogP contribution in [-0.4, -0.2) is 22.4 Å². The molecule has 0 heterocycles. The smallest absolute Gasteiger partial charge is 0.0599 e. The van der Waals surface area contributed by atoms with E-state index in [1.165, 1.54) is 19.3 Å². The monoisotopic (exact) mass is 198 g/mol. The predicted molar refractivity (Wildman–Crippen MR) is 58.0 cm³/mol. The lowest BCUT2D eigenvalue weighted by molar-refractivity contribution is 0.0320. The van der Waals surface area contributed by atoms with Crippen molar-refractivity contribution < 1.29 is 10.2 Å². The summed E-state index contributed by atoms with van der Waals surface area (Å²) in [7, 11) is 0. The van der Waals surface area contributed by atoms with Crippen molar-refractivity contribution >= 4 is 0 Å². The number of aliphatic hydroxyl groups excluding tert-OH is 2. The van der Waals surface area contributed by atoms with E-state index >= 15 is 0 Å². The highest BCUT2D eigenvalue weighted by Crippen LogP contribution is 2.28. The van der Waals surface area contributed by atoms with Crippen molar-refractivity contribution in [3.8, 4) is 0 Å². The molecule has 2 heteroatoms. The fourth-order valence-corrected chi connectivity index (χ4v) is 2.28. The lowest BCUT2D eigenvalue weighted by atomic mass is 9.83. The van der Waals surface area contributed by atoms with E-state index < -0.39 is 6.10 Å². The van der Waals surface area contributed by atoms with Gasteiger partial charge in [0.1, 0.15) is 0 Å². The number of hydrogen-bond donors (Lipinski definition) is 2. The van der Waals surface area contributed by atoms with E-state index in [-0.39, 0.29) is 6.10 Å². The highest BCUT2D eigenvalue weighted by atomic mass is 16.3. The maximum atomic E-state index is 9.88. The standard InChI is InChI=1S/C12H22O2/c1-2-6-11(13)9-12(14)10-7-4-3-5-8-10/h2,10-14H,1,3-9H2/t11-,12+/m0/s1.